The molecule has 1 aliphatic rings. The lowest BCUT2D eigenvalue weighted by molar-refractivity contribution is 0.182. The van der Waals surface area contributed by atoms with E-state index in [9.17, 15) is 0 Å². The summed E-state index contributed by atoms with van der Waals surface area (Å²) >= 11 is 0. The van der Waals surface area contributed by atoms with Gasteiger partial charge in [-0.2, -0.15) is 0 Å². The summed E-state index contributed by atoms with van der Waals surface area (Å²) in [5.41, 5.74) is 1.81. The maximum Gasteiger partial charge on any atom is 0.159 e. The first-order chi connectivity index (χ1) is 8.88. The van der Waals surface area contributed by atoms with Gasteiger partial charge in [-0.25, -0.2) is 9.97 Å². The molecule has 0 amide bonds. The van der Waals surface area contributed by atoms with E-state index in [-0.39, 0.29) is 6.61 Å². The molecule has 5 nitrogen and oxygen atoms in total. The Kier molecular flexibility index (Phi) is 3.25. The number of aliphatic hydroxyl groups is 1. The van der Waals surface area contributed by atoms with Gasteiger partial charge in [-0.3, -0.25) is 0 Å². The van der Waals surface area contributed by atoms with Crippen LogP contribution < -0.4 is 0 Å². The maximum atomic E-state index is 9.13. The summed E-state index contributed by atoms with van der Waals surface area (Å²) in [4.78, 5) is 8.95. The van der Waals surface area contributed by atoms with Gasteiger partial charge in [0.2, 0.25) is 0 Å². The molecule has 5 heteroatoms. The molecule has 0 bridgehead atoms. The number of ether oxygens (including phenoxy) is 1. The summed E-state index contributed by atoms with van der Waals surface area (Å²) < 4.78 is 7.54. The van der Waals surface area contributed by atoms with Gasteiger partial charge in [-0.15, -0.1) is 0 Å². The molecule has 2 aromatic heterocycles. The largest absolute Gasteiger partial charge is 0.396 e. The van der Waals surface area contributed by atoms with E-state index >= 15 is 0 Å². The van der Waals surface area contributed by atoms with Crippen LogP contribution in [0.5, 0.6) is 0 Å². The molecule has 96 valence electrons. The van der Waals surface area contributed by atoms with Crippen LogP contribution in [-0.2, 0) is 17.7 Å². The Balaban J connectivity index is 1.97. The SMILES string of the molecule is OCCc1nc2cccnc2n1CC1CCOC1. The second-order valence-corrected chi connectivity index (χ2v) is 4.69. The minimum atomic E-state index is 0.116. The molecule has 1 saturated heterocycles. The number of hydrogen-bond donors (Lipinski definition) is 1. The van der Waals surface area contributed by atoms with E-state index in [2.05, 4.69) is 14.5 Å². The van der Waals surface area contributed by atoms with E-state index in [0.717, 1.165) is 43.2 Å². The van der Waals surface area contributed by atoms with Crippen molar-refractivity contribution in [2.24, 2.45) is 5.92 Å². The summed E-state index contributed by atoms with van der Waals surface area (Å²) in [6.07, 6.45) is 3.45. The number of nitrogens with zero attached hydrogens (tertiary/aromatic N) is 3. The molecule has 1 N–H and O–H groups in total. The number of pyridine rings is 1. The average Bonchev–Trinajstić information content (AvgIpc) is 3.00. The second kappa shape index (κ2) is 5.04. The lowest BCUT2D eigenvalue weighted by Crippen LogP contribution is -2.14. The van der Waals surface area contributed by atoms with Crippen molar-refractivity contribution < 1.29 is 9.84 Å². The van der Waals surface area contributed by atoms with Crippen molar-refractivity contribution in [3.05, 3.63) is 24.2 Å². The van der Waals surface area contributed by atoms with Crippen LogP contribution >= 0.6 is 0 Å². The van der Waals surface area contributed by atoms with Crippen molar-refractivity contribution in [1.82, 2.24) is 14.5 Å². The van der Waals surface area contributed by atoms with Gasteiger partial charge in [0.25, 0.3) is 0 Å². The molecule has 3 rings (SSSR count). The molecule has 1 aliphatic heterocycles. The summed E-state index contributed by atoms with van der Waals surface area (Å²) in [7, 11) is 0. The first-order valence-corrected chi connectivity index (χ1v) is 6.37. The van der Waals surface area contributed by atoms with E-state index in [1.54, 1.807) is 6.20 Å². The van der Waals surface area contributed by atoms with E-state index in [0.29, 0.717) is 12.3 Å². The molecular formula is C13H17N3O2. The van der Waals surface area contributed by atoms with Crippen LogP contribution in [0.15, 0.2) is 18.3 Å². The summed E-state index contributed by atoms with van der Waals surface area (Å²) in [6, 6.07) is 3.85. The Bertz CT molecular complexity index is 532. The smallest absolute Gasteiger partial charge is 0.159 e. The van der Waals surface area contributed by atoms with E-state index in [1.807, 2.05) is 12.1 Å². The summed E-state index contributed by atoms with van der Waals surface area (Å²) in [5, 5.41) is 9.13. The number of aliphatic hydroxyl groups excluding tert-OH is 1. The van der Waals surface area contributed by atoms with Crippen molar-refractivity contribution >= 4 is 11.2 Å². The van der Waals surface area contributed by atoms with Crippen LogP contribution in [0.1, 0.15) is 12.2 Å². The standard InChI is InChI=1S/C13H17N3O2/c17-6-3-12-15-11-2-1-5-14-13(11)16(12)8-10-4-7-18-9-10/h1-2,5,10,17H,3-4,6-9H2. The Hall–Kier alpha value is -1.46. The average molecular weight is 247 g/mol. The topological polar surface area (TPSA) is 60.2 Å². The second-order valence-electron chi connectivity index (χ2n) is 4.69. The molecule has 18 heavy (non-hydrogen) atoms. The van der Waals surface area contributed by atoms with E-state index in [1.165, 1.54) is 0 Å². The fourth-order valence-corrected chi connectivity index (χ4v) is 2.47. The van der Waals surface area contributed by atoms with Crippen molar-refractivity contribution in [3.8, 4) is 0 Å². The van der Waals surface area contributed by atoms with E-state index < -0.39 is 0 Å². The van der Waals surface area contributed by atoms with Gasteiger partial charge in [-0.05, 0) is 18.6 Å². The highest BCUT2D eigenvalue weighted by atomic mass is 16.5. The molecule has 2 aromatic rings. The predicted octanol–water partition coefficient (Wildman–Crippen LogP) is 1.00. The van der Waals surface area contributed by atoms with Gasteiger partial charge in [-0.1, -0.05) is 0 Å². The maximum absolute atomic E-state index is 9.13. The third-order valence-corrected chi connectivity index (χ3v) is 3.38. The third-order valence-electron chi connectivity index (χ3n) is 3.38. The van der Waals surface area contributed by atoms with Gasteiger partial charge in [0, 0.05) is 31.7 Å². The minimum Gasteiger partial charge on any atom is -0.396 e. The van der Waals surface area contributed by atoms with Crippen LogP contribution in [-0.4, -0.2) is 39.5 Å². The normalized spacial score (nSPS) is 19.7. The first-order valence-electron chi connectivity index (χ1n) is 6.37. The van der Waals surface area contributed by atoms with Crippen LogP contribution in [0, 0.1) is 5.92 Å². The van der Waals surface area contributed by atoms with Crippen LogP contribution in [0.25, 0.3) is 11.2 Å². The van der Waals surface area contributed by atoms with Gasteiger partial charge < -0.3 is 14.4 Å². The molecule has 0 spiro atoms. The minimum absolute atomic E-state index is 0.116. The Morgan fingerprint density at radius 3 is 3.22 bits per heavy atom. The molecule has 0 aromatic carbocycles. The molecule has 1 unspecified atom stereocenters. The van der Waals surface area contributed by atoms with Gasteiger partial charge >= 0.3 is 0 Å². The van der Waals surface area contributed by atoms with Gasteiger partial charge in [0.05, 0.1) is 13.2 Å². The number of imidazole rings is 1. The quantitative estimate of drug-likeness (QED) is 0.875. The van der Waals surface area contributed by atoms with Gasteiger partial charge in [0.1, 0.15) is 11.3 Å². The Morgan fingerprint density at radius 2 is 2.44 bits per heavy atom. The molecular weight excluding hydrogens is 230 g/mol. The lowest BCUT2D eigenvalue weighted by Gasteiger charge is -2.12. The Labute approximate surface area is 105 Å². The molecule has 0 saturated carbocycles. The Morgan fingerprint density at radius 1 is 1.50 bits per heavy atom. The molecule has 1 atom stereocenters. The molecule has 0 radical (unpaired) electrons. The summed E-state index contributed by atoms with van der Waals surface area (Å²) in [6.45, 7) is 2.65. The van der Waals surface area contributed by atoms with Crippen molar-refractivity contribution in [3.63, 3.8) is 0 Å². The fraction of sp³-hybridized carbons (Fsp3) is 0.538. The number of fused-ring (bicyclic) bond motifs is 1. The first kappa shape index (κ1) is 11.6. The highest BCUT2D eigenvalue weighted by Crippen LogP contribution is 2.20. The van der Waals surface area contributed by atoms with Crippen molar-refractivity contribution in [2.45, 2.75) is 19.4 Å². The zero-order valence-electron chi connectivity index (χ0n) is 10.2. The molecule has 1 fully saturated rings. The number of hydrogen-bond acceptors (Lipinski definition) is 4. The zero-order chi connectivity index (χ0) is 12.4. The van der Waals surface area contributed by atoms with Gasteiger partial charge in [0.15, 0.2) is 5.65 Å². The molecule has 0 aliphatic carbocycles. The lowest BCUT2D eigenvalue weighted by atomic mass is 10.1. The van der Waals surface area contributed by atoms with Crippen molar-refractivity contribution in [2.75, 3.05) is 19.8 Å². The van der Waals surface area contributed by atoms with Crippen LogP contribution in [0.2, 0.25) is 0 Å². The van der Waals surface area contributed by atoms with Crippen LogP contribution in [0.3, 0.4) is 0 Å². The number of rotatable bonds is 4. The van der Waals surface area contributed by atoms with Crippen molar-refractivity contribution in [1.29, 1.82) is 0 Å². The highest BCUT2D eigenvalue weighted by molar-refractivity contribution is 5.71. The monoisotopic (exact) mass is 247 g/mol. The van der Waals surface area contributed by atoms with Crippen LogP contribution in [0.4, 0.5) is 0 Å². The highest BCUT2D eigenvalue weighted by Gasteiger charge is 2.19. The van der Waals surface area contributed by atoms with E-state index in [4.69, 9.17) is 9.84 Å². The number of aromatic nitrogens is 3. The summed E-state index contributed by atoms with van der Waals surface area (Å²) in [5.74, 6) is 1.44. The molecule has 3 heterocycles. The third kappa shape index (κ3) is 2.11. The fourth-order valence-electron chi connectivity index (χ4n) is 2.47. The predicted molar refractivity (Wildman–Crippen MR) is 67.2 cm³/mol. The zero-order valence-corrected chi connectivity index (χ0v) is 10.2.